The first-order valence-electron chi connectivity index (χ1n) is 7.14. The van der Waals surface area contributed by atoms with Gasteiger partial charge in [-0.25, -0.2) is 0 Å². The second kappa shape index (κ2) is 6.35. The SMILES string of the molecule is CC1CCCC(CO)(NCCc2ccccc2)C1. The van der Waals surface area contributed by atoms with E-state index in [9.17, 15) is 5.11 Å². The van der Waals surface area contributed by atoms with Crippen molar-refractivity contribution < 1.29 is 5.11 Å². The Morgan fingerprint density at radius 3 is 2.78 bits per heavy atom. The van der Waals surface area contributed by atoms with Gasteiger partial charge < -0.3 is 10.4 Å². The highest BCUT2D eigenvalue weighted by molar-refractivity contribution is 5.15. The fourth-order valence-electron chi connectivity index (χ4n) is 3.14. The van der Waals surface area contributed by atoms with Crippen molar-refractivity contribution in [2.24, 2.45) is 5.92 Å². The van der Waals surface area contributed by atoms with Crippen molar-refractivity contribution in [3.8, 4) is 0 Å². The number of aliphatic hydroxyl groups is 1. The zero-order valence-corrected chi connectivity index (χ0v) is 11.4. The molecule has 0 spiro atoms. The van der Waals surface area contributed by atoms with Crippen LogP contribution >= 0.6 is 0 Å². The Labute approximate surface area is 110 Å². The molecular formula is C16H25NO. The molecular weight excluding hydrogens is 222 g/mol. The number of aliphatic hydroxyl groups excluding tert-OH is 1. The molecule has 0 aromatic heterocycles. The maximum Gasteiger partial charge on any atom is 0.0613 e. The van der Waals surface area contributed by atoms with Gasteiger partial charge in [0, 0.05) is 5.54 Å². The van der Waals surface area contributed by atoms with E-state index in [-0.39, 0.29) is 12.1 Å². The molecule has 0 aliphatic heterocycles. The Hall–Kier alpha value is -0.860. The molecule has 100 valence electrons. The van der Waals surface area contributed by atoms with E-state index < -0.39 is 0 Å². The summed E-state index contributed by atoms with van der Waals surface area (Å²) in [7, 11) is 0. The molecule has 1 fully saturated rings. The van der Waals surface area contributed by atoms with Crippen LogP contribution in [0.1, 0.15) is 38.2 Å². The molecule has 2 unspecified atom stereocenters. The van der Waals surface area contributed by atoms with Crippen LogP contribution < -0.4 is 5.32 Å². The van der Waals surface area contributed by atoms with E-state index in [2.05, 4.69) is 42.6 Å². The number of benzene rings is 1. The molecule has 1 aromatic rings. The van der Waals surface area contributed by atoms with Crippen LogP contribution in [0, 0.1) is 5.92 Å². The summed E-state index contributed by atoms with van der Waals surface area (Å²) in [6, 6.07) is 10.5. The smallest absolute Gasteiger partial charge is 0.0613 e. The van der Waals surface area contributed by atoms with Gasteiger partial charge in [-0.2, -0.15) is 0 Å². The highest BCUT2D eigenvalue weighted by atomic mass is 16.3. The van der Waals surface area contributed by atoms with Crippen LogP contribution in [0.5, 0.6) is 0 Å². The van der Waals surface area contributed by atoms with Gasteiger partial charge in [-0.05, 0) is 37.3 Å². The summed E-state index contributed by atoms with van der Waals surface area (Å²) in [4.78, 5) is 0. The minimum Gasteiger partial charge on any atom is -0.394 e. The Balaban J connectivity index is 1.83. The van der Waals surface area contributed by atoms with Crippen molar-refractivity contribution in [2.75, 3.05) is 13.2 Å². The lowest BCUT2D eigenvalue weighted by Gasteiger charge is -2.39. The van der Waals surface area contributed by atoms with Gasteiger partial charge in [0.2, 0.25) is 0 Å². The molecule has 2 rings (SSSR count). The molecule has 0 amide bonds. The van der Waals surface area contributed by atoms with Gasteiger partial charge in [0.15, 0.2) is 0 Å². The molecule has 1 saturated carbocycles. The van der Waals surface area contributed by atoms with Gasteiger partial charge in [0.1, 0.15) is 0 Å². The van der Waals surface area contributed by atoms with E-state index in [0.717, 1.165) is 31.7 Å². The third-order valence-corrected chi connectivity index (χ3v) is 4.15. The van der Waals surface area contributed by atoms with Gasteiger partial charge in [0.25, 0.3) is 0 Å². The van der Waals surface area contributed by atoms with E-state index in [1.54, 1.807) is 0 Å². The molecule has 0 radical (unpaired) electrons. The highest BCUT2D eigenvalue weighted by Gasteiger charge is 2.33. The van der Waals surface area contributed by atoms with Gasteiger partial charge >= 0.3 is 0 Å². The first-order valence-corrected chi connectivity index (χ1v) is 7.14. The predicted molar refractivity (Wildman–Crippen MR) is 75.6 cm³/mol. The van der Waals surface area contributed by atoms with Crippen molar-refractivity contribution >= 4 is 0 Å². The number of hydrogen-bond acceptors (Lipinski definition) is 2. The summed E-state index contributed by atoms with van der Waals surface area (Å²) in [5, 5.41) is 13.3. The summed E-state index contributed by atoms with van der Waals surface area (Å²) in [6.07, 6.45) is 5.81. The van der Waals surface area contributed by atoms with E-state index in [4.69, 9.17) is 0 Å². The second-order valence-corrected chi connectivity index (χ2v) is 5.80. The molecule has 1 aliphatic carbocycles. The molecule has 0 bridgehead atoms. The van der Waals surface area contributed by atoms with E-state index in [0.29, 0.717) is 0 Å². The number of rotatable bonds is 5. The second-order valence-electron chi connectivity index (χ2n) is 5.80. The van der Waals surface area contributed by atoms with Crippen molar-refractivity contribution in [1.82, 2.24) is 5.32 Å². The van der Waals surface area contributed by atoms with Crippen molar-refractivity contribution in [3.05, 3.63) is 35.9 Å². The summed E-state index contributed by atoms with van der Waals surface area (Å²) < 4.78 is 0. The maximum atomic E-state index is 9.69. The molecule has 2 atom stereocenters. The zero-order chi connectivity index (χ0) is 12.8. The highest BCUT2D eigenvalue weighted by Crippen LogP contribution is 2.31. The van der Waals surface area contributed by atoms with Gasteiger partial charge in [-0.1, -0.05) is 50.1 Å². The van der Waals surface area contributed by atoms with E-state index in [1.807, 2.05) is 0 Å². The summed E-state index contributed by atoms with van der Waals surface area (Å²) in [5.74, 6) is 0.732. The third-order valence-electron chi connectivity index (χ3n) is 4.15. The molecule has 1 aliphatic rings. The molecule has 0 heterocycles. The van der Waals surface area contributed by atoms with Crippen LogP contribution in [-0.4, -0.2) is 23.8 Å². The lowest BCUT2D eigenvalue weighted by molar-refractivity contribution is 0.100. The van der Waals surface area contributed by atoms with Crippen molar-refractivity contribution in [2.45, 2.75) is 44.6 Å². The normalized spacial score (nSPS) is 28.2. The summed E-state index contributed by atoms with van der Waals surface area (Å²) >= 11 is 0. The van der Waals surface area contributed by atoms with E-state index in [1.165, 1.54) is 18.4 Å². The Morgan fingerprint density at radius 2 is 2.11 bits per heavy atom. The fraction of sp³-hybridized carbons (Fsp3) is 0.625. The molecule has 2 heteroatoms. The number of nitrogens with one attached hydrogen (secondary N) is 1. The van der Waals surface area contributed by atoms with Crippen LogP contribution in [0.3, 0.4) is 0 Å². The number of hydrogen-bond donors (Lipinski definition) is 2. The molecule has 2 nitrogen and oxygen atoms in total. The van der Waals surface area contributed by atoms with Gasteiger partial charge in [0.05, 0.1) is 6.61 Å². The Bertz CT molecular complexity index is 351. The van der Waals surface area contributed by atoms with Crippen LogP contribution in [-0.2, 0) is 6.42 Å². The van der Waals surface area contributed by atoms with Crippen molar-refractivity contribution in [1.29, 1.82) is 0 Å². The standard InChI is InChI=1S/C16H25NO/c1-14-6-5-10-16(12-14,13-18)17-11-9-15-7-3-2-4-8-15/h2-4,7-8,14,17-18H,5-6,9-13H2,1H3. The minimum atomic E-state index is -0.0214. The lowest BCUT2D eigenvalue weighted by Crippen LogP contribution is -2.52. The first-order chi connectivity index (χ1) is 8.74. The van der Waals surface area contributed by atoms with E-state index >= 15 is 0 Å². The molecule has 0 saturated heterocycles. The van der Waals surface area contributed by atoms with Gasteiger partial charge in [-0.3, -0.25) is 0 Å². The van der Waals surface area contributed by atoms with Crippen molar-refractivity contribution in [3.63, 3.8) is 0 Å². The Kier molecular flexibility index (Phi) is 4.79. The zero-order valence-electron chi connectivity index (χ0n) is 11.4. The summed E-state index contributed by atoms with van der Waals surface area (Å²) in [5.41, 5.74) is 1.34. The molecule has 18 heavy (non-hydrogen) atoms. The third kappa shape index (κ3) is 3.56. The molecule has 2 N–H and O–H groups in total. The quantitative estimate of drug-likeness (QED) is 0.838. The van der Waals surface area contributed by atoms with Crippen LogP contribution in [0.25, 0.3) is 0 Å². The van der Waals surface area contributed by atoms with Crippen LogP contribution in [0.4, 0.5) is 0 Å². The summed E-state index contributed by atoms with van der Waals surface area (Å²) in [6.45, 7) is 3.52. The fourth-order valence-corrected chi connectivity index (χ4v) is 3.14. The Morgan fingerprint density at radius 1 is 1.33 bits per heavy atom. The van der Waals surface area contributed by atoms with Crippen LogP contribution in [0.2, 0.25) is 0 Å². The average molecular weight is 247 g/mol. The largest absolute Gasteiger partial charge is 0.394 e. The minimum absolute atomic E-state index is 0.0214. The predicted octanol–water partition coefficient (Wildman–Crippen LogP) is 2.76. The molecule has 1 aromatic carbocycles. The topological polar surface area (TPSA) is 32.3 Å². The van der Waals surface area contributed by atoms with Crippen LogP contribution in [0.15, 0.2) is 30.3 Å². The lowest BCUT2D eigenvalue weighted by atomic mass is 9.77. The monoisotopic (exact) mass is 247 g/mol. The maximum absolute atomic E-state index is 9.69. The van der Waals surface area contributed by atoms with Gasteiger partial charge in [-0.15, -0.1) is 0 Å². The first kappa shape index (κ1) is 13.6. The average Bonchev–Trinajstić information content (AvgIpc) is 2.40.